The van der Waals surface area contributed by atoms with Gasteiger partial charge in [-0.1, -0.05) is 24.3 Å². The number of aromatic nitrogens is 4. The van der Waals surface area contributed by atoms with Crippen molar-refractivity contribution >= 4 is 46.2 Å². The molecule has 0 N–H and O–H groups in total. The van der Waals surface area contributed by atoms with Crippen LogP contribution in [0.25, 0.3) is 28.7 Å². The minimum Gasteiger partial charge on any atom is -0.460 e. The number of pyridine rings is 1. The third kappa shape index (κ3) is 5.51. The molecular weight excluding hydrogens is 504 g/mol. The second kappa shape index (κ2) is 10.9. The third-order valence-corrected chi connectivity index (χ3v) is 7.42. The van der Waals surface area contributed by atoms with Crippen molar-refractivity contribution in [2.75, 3.05) is 49.2 Å². The van der Waals surface area contributed by atoms with E-state index in [9.17, 15) is 4.79 Å². The average molecular weight is 541 g/mol. The van der Waals surface area contributed by atoms with Crippen LogP contribution in [0.1, 0.15) is 45.0 Å². The molecule has 0 aliphatic carbocycles. The molecule has 0 bridgehead atoms. The highest BCUT2D eigenvalue weighted by molar-refractivity contribution is 5.83. The Labute approximate surface area is 234 Å². The second-order valence-electron chi connectivity index (χ2n) is 11.4. The van der Waals surface area contributed by atoms with E-state index >= 15 is 0 Å². The van der Waals surface area contributed by atoms with Crippen molar-refractivity contribution in [2.24, 2.45) is 5.92 Å². The van der Waals surface area contributed by atoms with E-state index in [0.29, 0.717) is 13.2 Å². The Hall–Kier alpha value is -3.98. The Morgan fingerprint density at radius 3 is 2.50 bits per heavy atom. The maximum Gasteiger partial charge on any atom is 0.309 e. The lowest BCUT2D eigenvalue weighted by Crippen LogP contribution is -2.39. The van der Waals surface area contributed by atoms with Gasteiger partial charge in [0.15, 0.2) is 11.5 Å². The Bertz CT molecular complexity index is 1540. The molecule has 0 spiro atoms. The molecule has 208 valence electrons. The van der Waals surface area contributed by atoms with Crippen molar-refractivity contribution in [3.63, 3.8) is 0 Å². The fourth-order valence-electron chi connectivity index (χ4n) is 5.45. The van der Waals surface area contributed by atoms with Gasteiger partial charge in [0.25, 0.3) is 0 Å². The van der Waals surface area contributed by atoms with Crippen molar-refractivity contribution in [3.05, 3.63) is 60.0 Å². The maximum absolute atomic E-state index is 12.8. The molecule has 4 aromatic rings. The summed E-state index contributed by atoms with van der Waals surface area (Å²) in [7, 11) is 0. The number of piperidine rings is 1. The van der Waals surface area contributed by atoms with Gasteiger partial charge in [0, 0.05) is 31.6 Å². The summed E-state index contributed by atoms with van der Waals surface area (Å²) < 4.78 is 13.2. The van der Waals surface area contributed by atoms with Gasteiger partial charge in [-0.05, 0) is 64.0 Å². The molecule has 0 saturated carbocycles. The summed E-state index contributed by atoms with van der Waals surface area (Å²) in [6.07, 6.45) is 7.33. The Morgan fingerprint density at radius 2 is 1.73 bits per heavy atom. The number of benzene rings is 1. The average Bonchev–Trinajstić information content (AvgIpc) is 3.34. The summed E-state index contributed by atoms with van der Waals surface area (Å²) in [4.78, 5) is 27.3. The standard InChI is InChI=1S/C31H36N6O3/c1-31(2,3)40-30(38)23-13-16-36(17-14-23)29-26(11-10-24-9-8-22-6-4-5-7-25(22)33-24)34-28-27(12-15-32-37(28)29)35-18-20-39-21-19-35/h4-12,15,23H,13-14,16-21H2,1-3H3/b11-10+. The van der Waals surface area contributed by atoms with E-state index in [1.54, 1.807) is 0 Å². The number of esters is 1. The first-order valence-corrected chi connectivity index (χ1v) is 14.1. The van der Waals surface area contributed by atoms with Gasteiger partial charge in [-0.3, -0.25) is 4.79 Å². The fourth-order valence-corrected chi connectivity index (χ4v) is 5.45. The molecule has 3 aromatic heterocycles. The zero-order valence-corrected chi connectivity index (χ0v) is 23.4. The summed E-state index contributed by atoms with van der Waals surface area (Å²) in [5.74, 6) is 0.720. The monoisotopic (exact) mass is 540 g/mol. The number of fused-ring (bicyclic) bond motifs is 2. The third-order valence-electron chi connectivity index (χ3n) is 7.42. The molecular formula is C31H36N6O3. The predicted octanol–water partition coefficient (Wildman–Crippen LogP) is 4.84. The minimum atomic E-state index is -0.482. The first-order valence-electron chi connectivity index (χ1n) is 14.1. The van der Waals surface area contributed by atoms with Crippen LogP contribution in [0, 0.1) is 5.92 Å². The van der Waals surface area contributed by atoms with Crippen molar-refractivity contribution in [1.29, 1.82) is 0 Å². The normalized spacial score (nSPS) is 17.3. The lowest BCUT2D eigenvalue weighted by atomic mass is 9.96. The Morgan fingerprint density at radius 1 is 0.950 bits per heavy atom. The van der Waals surface area contributed by atoms with Gasteiger partial charge in [-0.15, -0.1) is 0 Å². The number of carbonyl (C=O) groups excluding carboxylic acids is 1. The fraction of sp³-hybridized carbons (Fsp3) is 0.419. The van der Waals surface area contributed by atoms with Gasteiger partial charge in [0.05, 0.1) is 42.2 Å². The molecule has 40 heavy (non-hydrogen) atoms. The highest BCUT2D eigenvalue weighted by atomic mass is 16.6. The van der Waals surface area contributed by atoms with Crippen molar-refractivity contribution in [1.82, 2.24) is 19.6 Å². The zero-order chi connectivity index (χ0) is 27.7. The number of hydrogen-bond donors (Lipinski definition) is 0. The summed E-state index contributed by atoms with van der Waals surface area (Å²) in [6, 6.07) is 14.3. The van der Waals surface area contributed by atoms with E-state index in [0.717, 1.165) is 78.5 Å². The lowest BCUT2D eigenvalue weighted by molar-refractivity contribution is -0.160. The number of morpholine rings is 1. The number of rotatable bonds is 5. The molecule has 2 aliphatic rings. The highest BCUT2D eigenvalue weighted by Gasteiger charge is 2.31. The second-order valence-corrected chi connectivity index (χ2v) is 11.4. The van der Waals surface area contributed by atoms with E-state index < -0.39 is 5.60 Å². The topological polar surface area (TPSA) is 85.1 Å². The van der Waals surface area contributed by atoms with Crippen LogP contribution in [-0.4, -0.2) is 70.5 Å². The van der Waals surface area contributed by atoms with Crippen molar-refractivity contribution in [2.45, 2.75) is 39.2 Å². The van der Waals surface area contributed by atoms with Crippen LogP contribution >= 0.6 is 0 Å². The lowest BCUT2D eigenvalue weighted by Gasteiger charge is -2.33. The SMILES string of the molecule is CC(C)(C)OC(=O)C1CCN(c2c(/C=C/c3ccc4ccccc4n3)nc3c(N4CCOCC4)ccnn23)CC1. The zero-order valence-electron chi connectivity index (χ0n) is 23.4. The van der Waals surface area contributed by atoms with Gasteiger partial charge in [0.1, 0.15) is 11.3 Å². The van der Waals surface area contributed by atoms with E-state index in [1.165, 1.54) is 0 Å². The highest BCUT2D eigenvalue weighted by Crippen LogP contribution is 2.32. The summed E-state index contributed by atoms with van der Waals surface area (Å²) >= 11 is 0. The molecule has 9 nitrogen and oxygen atoms in total. The van der Waals surface area contributed by atoms with Gasteiger partial charge >= 0.3 is 5.97 Å². The van der Waals surface area contributed by atoms with Gasteiger partial charge in [-0.2, -0.15) is 9.61 Å². The molecule has 2 fully saturated rings. The van der Waals surface area contributed by atoms with Crippen LogP contribution in [0.4, 0.5) is 11.5 Å². The van der Waals surface area contributed by atoms with Gasteiger partial charge in [-0.25, -0.2) is 9.97 Å². The molecule has 0 unspecified atom stereocenters. The summed E-state index contributed by atoms with van der Waals surface area (Å²) in [5.41, 5.74) is 4.04. The number of anilines is 2. The summed E-state index contributed by atoms with van der Waals surface area (Å²) in [5, 5.41) is 5.86. The van der Waals surface area contributed by atoms with E-state index in [4.69, 9.17) is 24.5 Å². The van der Waals surface area contributed by atoms with Gasteiger partial charge < -0.3 is 19.3 Å². The number of para-hydroxylation sites is 1. The Kier molecular flexibility index (Phi) is 7.14. The van der Waals surface area contributed by atoms with E-state index in [-0.39, 0.29) is 11.9 Å². The smallest absolute Gasteiger partial charge is 0.309 e. The first kappa shape index (κ1) is 26.3. The molecule has 0 amide bonds. The molecule has 9 heteroatoms. The van der Waals surface area contributed by atoms with Crippen molar-refractivity contribution in [3.8, 4) is 0 Å². The predicted molar refractivity (Wildman–Crippen MR) is 157 cm³/mol. The number of hydrogen-bond acceptors (Lipinski definition) is 8. The van der Waals surface area contributed by atoms with E-state index in [1.807, 2.05) is 74.0 Å². The van der Waals surface area contributed by atoms with Crippen LogP contribution in [0.15, 0.2) is 48.7 Å². The molecule has 1 aromatic carbocycles. The van der Waals surface area contributed by atoms with Crippen LogP contribution in [0.2, 0.25) is 0 Å². The number of carbonyl (C=O) groups is 1. The molecule has 5 heterocycles. The van der Waals surface area contributed by atoms with E-state index in [2.05, 4.69) is 21.9 Å². The minimum absolute atomic E-state index is 0.104. The summed E-state index contributed by atoms with van der Waals surface area (Å²) in [6.45, 7) is 10.2. The van der Waals surface area contributed by atoms with Crippen LogP contribution in [0.3, 0.4) is 0 Å². The molecule has 6 rings (SSSR count). The number of ether oxygens (including phenoxy) is 2. The molecule has 0 atom stereocenters. The number of nitrogens with zero attached hydrogens (tertiary/aromatic N) is 6. The number of imidazole rings is 1. The van der Waals surface area contributed by atoms with Crippen LogP contribution in [-0.2, 0) is 14.3 Å². The molecule has 0 radical (unpaired) electrons. The molecule has 2 saturated heterocycles. The van der Waals surface area contributed by atoms with Gasteiger partial charge in [0.2, 0.25) is 0 Å². The van der Waals surface area contributed by atoms with Crippen molar-refractivity contribution < 1.29 is 14.3 Å². The molecule has 2 aliphatic heterocycles. The quantitative estimate of drug-likeness (QED) is 0.333. The Balaban J connectivity index is 1.34. The first-order chi connectivity index (χ1) is 19.4. The largest absolute Gasteiger partial charge is 0.460 e. The maximum atomic E-state index is 12.8. The van der Waals surface area contributed by atoms with Crippen LogP contribution in [0.5, 0.6) is 0 Å². The van der Waals surface area contributed by atoms with Crippen LogP contribution < -0.4 is 9.80 Å².